The van der Waals surface area contributed by atoms with Gasteiger partial charge in [0.1, 0.15) is 34.5 Å². The number of Topliss-reactive ketones (excluding diaryl/α,β-unsaturated/α-hetero) is 1. The number of ether oxygens (including phenoxy) is 2. The molecule has 2 fully saturated rings. The third kappa shape index (κ3) is 5.91. The molecule has 0 spiro atoms. The molecule has 0 unspecified atom stereocenters. The summed E-state index contributed by atoms with van der Waals surface area (Å²) in [5, 5.41) is 0. The molecule has 3 heterocycles. The smallest absolute Gasteiger partial charge is 0.185 e. The largest absolute Gasteiger partial charge is 0.381 e. The van der Waals surface area contributed by atoms with E-state index in [0.717, 1.165) is 30.2 Å². The Balaban J connectivity index is 1.41. The zero-order valence-electron chi connectivity index (χ0n) is 23.0. The van der Waals surface area contributed by atoms with Gasteiger partial charge in [-0.05, 0) is 71.7 Å². The maximum Gasteiger partial charge on any atom is 0.185 e. The Bertz CT molecular complexity index is 1390. The van der Waals surface area contributed by atoms with Gasteiger partial charge in [0.15, 0.2) is 5.78 Å². The highest BCUT2D eigenvalue weighted by Crippen LogP contribution is 2.40. The van der Waals surface area contributed by atoms with Gasteiger partial charge >= 0.3 is 0 Å². The number of pyridine rings is 2. The monoisotopic (exact) mass is 571 g/mol. The molecule has 3 aromatic rings. The zero-order chi connectivity index (χ0) is 29.3. The van der Waals surface area contributed by atoms with E-state index in [9.17, 15) is 9.18 Å². The molecule has 1 saturated carbocycles. The molecular weight excluding hydrogens is 538 g/mol. The number of aromatic nitrogens is 2. The Kier molecular flexibility index (Phi) is 8.54. The average molecular weight is 572 g/mol. The van der Waals surface area contributed by atoms with E-state index in [-0.39, 0.29) is 67.7 Å². The summed E-state index contributed by atoms with van der Waals surface area (Å²) in [7, 11) is 1.65. The van der Waals surface area contributed by atoms with Gasteiger partial charge in [-0.15, -0.1) is 0 Å². The van der Waals surface area contributed by atoms with Gasteiger partial charge < -0.3 is 15.2 Å². The van der Waals surface area contributed by atoms with E-state index in [2.05, 4.69) is 16.9 Å². The predicted molar refractivity (Wildman–Crippen MR) is 145 cm³/mol. The van der Waals surface area contributed by atoms with Crippen molar-refractivity contribution in [3.05, 3.63) is 82.6 Å². The Morgan fingerprint density at radius 1 is 1.10 bits per heavy atom. The molecule has 1 aliphatic heterocycles. The number of nitrogens with zero attached hydrogens (tertiary/aromatic N) is 2. The number of hydrogen-bond donors (Lipinski definition) is 1. The minimum absolute atomic E-state index is 0.0448. The highest BCUT2D eigenvalue weighted by Gasteiger charge is 2.37. The van der Waals surface area contributed by atoms with Crippen LogP contribution in [0.5, 0.6) is 0 Å². The van der Waals surface area contributed by atoms with Crippen LogP contribution in [0, 0.1) is 23.4 Å². The molecule has 2 aliphatic rings. The van der Waals surface area contributed by atoms with Crippen molar-refractivity contribution in [2.75, 3.05) is 20.3 Å². The maximum atomic E-state index is 15.3. The number of hydrogen-bond acceptors (Lipinski definition) is 6. The van der Waals surface area contributed by atoms with Crippen molar-refractivity contribution in [2.45, 2.75) is 62.8 Å². The van der Waals surface area contributed by atoms with Gasteiger partial charge in [-0.2, -0.15) is 0 Å². The number of ketones is 1. The van der Waals surface area contributed by atoms with Crippen LogP contribution in [0.15, 0.2) is 42.7 Å². The quantitative estimate of drug-likeness (QED) is 0.284. The molecule has 2 aromatic heterocycles. The predicted octanol–water partition coefficient (Wildman–Crippen LogP) is 5.82. The summed E-state index contributed by atoms with van der Waals surface area (Å²) >= 11 is 0. The normalized spacial score (nSPS) is 24.3. The number of carbonyl (C=O) groups is 1. The number of nitrogens with two attached hydrogens (primary N) is 1. The first kappa shape index (κ1) is 29.3. The fraction of sp³-hybridized carbons (Fsp3) is 0.452. The second kappa shape index (κ2) is 12.0. The van der Waals surface area contributed by atoms with E-state index in [1.165, 1.54) is 6.07 Å². The minimum atomic E-state index is -1.95. The minimum Gasteiger partial charge on any atom is -0.381 e. The van der Waals surface area contributed by atoms with Crippen molar-refractivity contribution in [2.24, 2.45) is 11.7 Å². The number of halogens is 4. The van der Waals surface area contributed by atoms with Crippen LogP contribution < -0.4 is 5.73 Å². The summed E-state index contributed by atoms with van der Waals surface area (Å²) < 4.78 is 71.3. The molecule has 4 atom stereocenters. The second-order valence-electron chi connectivity index (χ2n) is 11.1. The lowest BCUT2D eigenvalue weighted by atomic mass is 9.73. The number of carbonyl (C=O) groups excluding carboxylic acids is 1. The van der Waals surface area contributed by atoms with E-state index in [0.29, 0.717) is 12.0 Å². The summed E-state index contributed by atoms with van der Waals surface area (Å²) in [6.07, 6.45) is 4.53. The molecular formula is C31H33F4N3O3. The molecule has 1 aromatic carbocycles. The summed E-state index contributed by atoms with van der Waals surface area (Å²) in [6.45, 7) is 2.33. The van der Waals surface area contributed by atoms with Crippen molar-refractivity contribution in [3.63, 3.8) is 0 Å². The second-order valence-corrected chi connectivity index (χ2v) is 11.1. The van der Waals surface area contributed by atoms with Gasteiger partial charge in [0.25, 0.3) is 0 Å². The van der Waals surface area contributed by atoms with Gasteiger partial charge in [-0.1, -0.05) is 6.92 Å². The van der Waals surface area contributed by atoms with Gasteiger partial charge in [0.05, 0.1) is 11.7 Å². The molecule has 10 heteroatoms. The summed E-state index contributed by atoms with van der Waals surface area (Å²) in [5.74, 6) is -3.50. The first-order chi connectivity index (χ1) is 19.6. The van der Waals surface area contributed by atoms with Crippen molar-refractivity contribution < 1.29 is 31.8 Å². The van der Waals surface area contributed by atoms with E-state index in [4.69, 9.17) is 15.2 Å². The summed E-state index contributed by atoms with van der Waals surface area (Å²) in [5.41, 5.74) is 4.31. The number of benzene rings is 1. The number of rotatable bonds is 7. The molecule has 1 saturated heterocycles. The first-order valence-corrected chi connectivity index (χ1v) is 13.8. The van der Waals surface area contributed by atoms with Gasteiger partial charge in [-0.3, -0.25) is 9.78 Å². The van der Waals surface area contributed by atoms with Crippen LogP contribution in [0.25, 0.3) is 11.3 Å². The lowest BCUT2D eigenvalue weighted by Gasteiger charge is -2.38. The molecule has 1 aliphatic carbocycles. The van der Waals surface area contributed by atoms with Crippen LogP contribution in [0.3, 0.4) is 0 Å². The fourth-order valence-corrected chi connectivity index (χ4v) is 6.29. The van der Waals surface area contributed by atoms with Crippen molar-refractivity contribution >= 4 is 5.78 Å². The van der Waals surface area contributed by atoms with E-state index in [1.807, 2.05) is 6.07 Å². The maximum absolute atomic E-state index is 15.3. The van der Waals surface area contributed by atoms with Crippen molar-refractivity contribution in [1.82, 2.24) is 9.97 Å². The molecule has 2 N–H and O–H groups in total. The van der Waals surface area contributed by atoms with Crippen LogP contribution in [0.1, 0.15) is 65.7 Å². The Hall–Kier alpha value is -3.21. The van der Waals surface area contributed by atoms with Gasteiger partial charge in [0, 0.05) is 58.0 Å². The fourth-order valence-electron chi connectivity index (χ4n) is 6.29. The number of alkyl halides is 1. The Morgan fingerprint density at radius 2 is 1.80 bits per heavy atom. The molecule has 218 valence electrons. The standard InChI is InChI=1S/C31H33F4N3O3/c1-17-11-18(12-25(36)30(17)40-2)21-5-8-37-16-19(21)13-27(39)26-4-3-22(32)29(38-26)28-23(33)14-20(15-24(28)34)31(35)6-9-41-10-7-31/h3-5,8,14-18,25,30H,6-7,9-13,36H2,1-2H3/t17-,18+,25+,30-/m0/s1. The molecule has 0 amide bonds. The van der Waals surface area contributed by atoms with E-state index >= 15 is 13.2 Å². The number of methoxy groups -OCH3 is 1. The van der Waals surface area contributed by atoms with Gasteiger partial charge in [-0.25, -0.2) is 22.5 Å². The van der Waals surface area contributed by atoms with E-state index in [1.54, 1.807) is 19.5 Å². The lowest BCUT2D eigenvalue weighted by Crippen LogP contribution is -2.45. The Labute approximate surface area is 236 Å². The third-order valence-electron chi connectivity index (χ3n) is 8.41. The average Bonchev–Trinajstić information content (AvgIpc) is 2.94. The molecule has 41 heavy (non-hydrogen) atoms. The highest BCUT2D eigenvalue weighted by atomic mass is 19.1. The molecule has 6 nitrogen and oxygen atoms in total. The van der Waals surface area contributed by atoms with E-state index < -0.39 is 40.2 Å². The molecule has 0 bridgehead atoms. The summed E-state index contributed by atoms with van der Waals surface area (Å²) in [6, 6.07) is 5.57. The SMILES string of the molecule is CO[C@@H]1[C@H](N)C[C@H](c2ccncc2CC(=O)c2ccc(F)c(-c3c(F)cc(C4(F)CCOCC4)cc3F)n2)C[C@@H]1C. The van der Waals surface area contributed by atoms with Gasteiger partial charge in [0.2, 0.25) is 0 Å². The third-order valence-corrected chi connectivity index (χ3v) is 8.41. The highest BCUT2D eigenvalue weighted by molar-refractivity contribution is 5.96. The zero-order valence-corrected chi connectivity index (χ0v) is 23.0. The Morgan fingerprint density at radius 3 is 2.46 bits per heavy atom. The van der Waals surface area contributed by atoms with Crippen molar-refractivity contribution in [1.29, 1.82) is 0 Å². The van der Waals surface area contributed by atoms with Crippen LogP contribution >= 0.6 is 0 Å². The lowest BCUT2D eigenvalue weighted by molar-refractivity contribution is -0.0117. The summed E-state index contributed by atoms with van der Waals surface area (Å²) in [4.78, 5) is 21.6. The molecule has 5 rings (SSSR count). The van der Waals surface area contributed by atoms with Crippen LogP contribution in [0.2, 0.25) is 0 Å². The van der Waals surface area contributed by atoms with Crippen LogP contribution in [0.4, 0.5) is 17.6 Å². The van der Waals surface area contributed by atoms with Crippen molar-refractivity contribution in [3.8, 4) is 11.3 Å². The van der Waals surface area contributed by atoms with Crippen LogP contribution in [-0.2, 0) is 21.6 Å². The van der Waals surface area contributed by atoms with Crippen LogP contribution in [-0.4, -0.2) is 48.2 Å². The molecule has 0 radical (unpaired) electrons. The first-order valence-electron chi connectivity index (χ1n) is 13.8. The topological polar surface area (TPSA) is 87.3 Å².